The number of rotatable bonds is 7. The van der Waals surface area contributed by atoms with Crippen LogP contribution in [-0.4, -0.2) is 20.4 Å². The third-order valence-electron chi connectivity index (χ3n) is 2.73. The summed E-state index contributed by atoms with van der Waals surface area (Å²) < 4.78 is 10.9. The van der Waals surface area contributed by atoms with Gasteiger partial charge in [0.05, 0.1) is 11.6 Å². The molecule has 3 nitrogen and oxygen atoms in total. The van der Waals surface area contributed by atoms with E-state index in [4.69, 9.17) is 21.1 Å². The van der Waals surface area contributed by atoms with Crippen molar-refractivity contribution in [3.8, 4) is 5.75 Å². The van der Waals surface area contributed by atoms with Gasteiger partial charge in [0.2, 0.25) is 0 Å². The molecule has 0 heterocycles. The van der Waals surface area contributed by atoms with Crippen LogP contribution in [0.5, 0.6) is 5.75 Å². The van der Waals surface area contributed by atoms with Gasteiger partial charge in [-0.05, 0) is 43.5 Å². The van der Waals surface area contributed by atoms with Gasteiger partial charge in [-0.25, -0.2) is 0 Å². The predicted octanol–water partition coefficient (Wildman–Crippen LogP) is 2.82. The van der Waals surface area contributed by atoms with Crippen LogP contribution < -0.4 is 10.1 Å². The van der Waals surface area contributed by atoms with Gasteiger partial charge in [0.25, 0.3) is 0 Å². The Labute approximate surface area is 107 Å². The highest BCUT2D eigenvalue weighted by Crippen LogP contribution is 2.29. The lowest BCUT2D eigenvalue weighted by Crippen LogP contribution is -2.07. The smallest absolute Gasteiger partial charge is 0.189 e. The minimum Gasteiger partial charge on any atom is -0.466 e. The molecule has 0 amide bonds. The molecule has 1 fully saturated rings. The molecular formula is C13H18ClNO2. The van der Waals surface area contributed by atoms with Crippen molar-refractivity contribution in [1.29, 1.82) is 0 Å². The van der Waals surface area contributed by atoms with Crippen molar-refractivity contribution in [2.24, 2.45) is 5.92 Å². The first-order valence-corrected chi connectivity index (χ1v) is 6.31. The van der Waals surface area contributed by atoms with E-state index in [2.05, 4.69) is 5.32 Å². The fourth-order valence-corrected chi connectivity index (χ4v) is 1.84. The van der Waals surface area contributed by atoms with Crippen molar-refractivity contribution in [2.75, 3.05) is 20.4 Å². The Bertz CT molecular complexity index is 366. The van der Waals surface area contributed by atoms with Gasteiger partial charge in [0.1, 0.15) is 5.75 Å². The molecule has 2 rings (SSSR count). The van der Waals surface area contributed by atoms with Crippen molar-refractivity contribution in [2.45, 2.75) is 19.4 Å². The minimum atomic E-state index is 0.279. The molecule has 1 aromatic carbocycles. The molecule has 0 radical (unpaired) electrons. The maximum Gasteiger partial charge on any atom is 0.189 e. The van der Waals surface area contributed by atoms with Crippen molar-refractivity contribution in [3.63, 3.8) is 0 Å². The van der Waals surface area contributed by atoms with Crippen LogP contribution in [0.1, 0.15) is 18.4 Å². The van der Waals surface area contributed by atoms with Crippen LogP contribution in [0.25, 0.3) is 0 Å². The second-order valence-electron chi connectivity index (χ2n) is 4.37. The molecule has 0 aliphatic heterocycles. The average molecular weight is 256 g/mol. The fraction of sp³-hybridized carbons (Fsp3) is 0.538. The Kier molecular flexibility index (Phi) is 4.66. The molecule has 0 unspecified atom stereocenters. The summed E-state index contributed by atoms with van der Waals surface area (Å²) >= 11 is 6.11. The number of nitrogens with one attached hydrogen (secondary N) is 1. The number of hydrogen-bond donors (Lipinski definition) is 1. The van der Waals surface area contributed by atoms with E-state index in [0.29, 0.717) is 10.8 Å². The molecule has 94 valence electrons. The number of hydrogen-bond acceptors (Lipinski definition) is 3. The molecule has 0 spiro atoms. The third-order valence-corrected chi connectivity index (χ3v) is 3.02. The SMILES string of the molecule is CNCc1ccc(OCOCC2CC2)c(Cl)c1. The van der Waals surface area contributed by atoms with E-state index in [1.54, 1.807) is 0 Å². The monoisotopic (exact) mass is 255 g/mol. The van der Waals surface area contributed by atoms with Crippen LogP contribution in [0.2, 0.25) is 5.02 Å². The Morgan fingerprint density at radius 3 is 2.88 bits per heavy atom. The van der Waals surface area contributed by atoms with E-state index in [0.717, 1.165) is 24.6 Å². The van der Waals surface area contributed by atoms with Crippen LogP contribution in [0, 0.1) is 5.92 Å². The molecule has 1 saturated carbocycles. The van der Waals surface area contributed by atoms with E-state index < -0.39 is 0 Å². The minimum absolute atomic E-state index is 0.279. The van der Waals surface area contributed by atoms with Gasteiger partial charge >= 0.3 is 0 Å². The van der Waals surface area contributed by atoms with Crippen LogP contribution >= 0.6 is 11.6 Å². The number of halogens is 1. The maximum atomic E-state index is 6.11. The second kappa shape index (κ2) is 6.24. The zero-order valence-corrected chi connectivity index (χ0v) is 10.8. The third kappa shape index (κ3) is 4.19. The molecular weight excluding hydrogens is 238 g/mol. The summed E-state index contributed by atoms with van der Waals surface area (Å²) in [5, 5.41) is 3.71. The van der Waals surface area contributed by atoms with Crippen molar-refractivity contribution >= 4 is 11.6 Å². The van der Waals surface area contributed by atoms with E-state index in [1.807, 2.05) is 25.2 Å². The summed E-state index contributed by atoms with van der Waals surface area (Å²) in [5.41, 5.74) is 1.14. The molecule has 0 saturated heterocycles. The van der Waals surface area contributed by atoms with Gasteiger partial charge in [-0.2, -0.15) is 0 Å². The number of benzene rings is 1. The predicted molar refractivity (Wildman–Crippen MR) is 68.4 cm³/mol. The van der Waals surface area contributed by atoms with Crippen LogP contribution in [0.15, 0.2) is 18.2 Å². The Balaban J connectivity index is 1.78. The first-order chi connectivity index (χ1) is 8.29. The van der Waals surface area contributed by atoms with Crippen molar-refractivity contribution < 1.29 is 9.47 Å². The van der Waals surface area contributed by atoms with E-state index in [9.17, 15) is 0 Å². The molecule has 4 heteroatoms. The van der Waals surface area contributed by atoms with Crippen LogP contribution in [0.4, 0.5) is 0 Å². The zero-order chi connectivity index (χ0) is 12.1. The van der Waals surface area contributed by atoms with Gasteiger partial charge in [-0.3, -0.25) is 0 Å². The van der Waals surface area contributed by atoms with E-state index >= 15 is 0 Å². The molecule has 17 heavy (non-hydrogen) atoms. The summed E-state index contributed by atoms with van der Waals surface area (Å²) in [5.74, 6) is 1.44. The normalized spacial score (nSPS) is 14.9. The Morgan fingerprint density at radius 1 is 1.41 bits per heavy atom. The molecule has 0 aromatic heterocycles. The van der Waals surface area contributed by atoms with Gasteiger partial charge in [-0.1, -0.05) is 17.7 Å². The quantitative estimate of drug-likeness (QED) is 0.600. The lowest BCUT2D eigenvalue weighted by atomic mass is 10.2. The molecule has 0 bridgehead atoms. The Morgan fingerprint density at radius 2 is 2.24 bits per heavy atom. The van der Waals surface area contributed by atoms with Gasteiger partial charge in [-0.15, -0.1) is 0 Å². The highest BCUT2D eigenvalue weighted by molar-refractivity contribution is 6.32. The van der Waals surface area contributed by atoms with Crippen LogP contribution in [0.3, 0.4) is 0 Å². The van der Waals surface area contributed by atoms with Crippen molar-refractivity contribution in [1.82, 2.24) is 5.32 Å². The largest absolute Gasteiger partial charge is 0.466 e. The van der Waals surface area contributed by atoms with Crippen LogP contribution in [-0.2, 0) is 11.3 Å². The highest BCUT2D eigenvalue weighted by Gasteiger charge is 2.21. The summed E-state index contributed by atoms with van der Waals surface area (Å²) in [7, 11) is 1.91. The lowest BCUT2D eigenvalue weighted by Gasteiger charge is -2.09. The second-order valence-corrected chi connectivity index (χ2v) is 4.78. The molecule has 1 N–H and O–H groups in total. The topological polar surface area (TPSA) is 30.5 Å². The zero-order valence-electron chi connectivity index (χ0n) is 10.0. The lowest BCUT2D eigenvalue weighted by molar-refractivity contribution is 0.0100. The summed E-state index contributed by atoms with van der Waals surface area (Å²) in [6.45, 7) is 1.88. The van der Waals surface area contributed by atoms with Crippen molar-refractivity contribution in [3.05, 3.63) is 28.8 Å². The van der Waals surface area contributed by atoms with E-state index in [-0.39, 0.29) is 6.79 Å². The molecule has 1 aliphatic rings. The van der Waals surface area contributed by atoms with Gasteiger partial charge in [0, 0.05) is 6.54 Å². The van der Waals surface area contributed by atoms with E-state index in [1.165, 1.54) is 12.8 Å². The van der Waals surface area contributed by atoms with Gasteiger partial charge in [0.15, 0.2) is 6.79 Å². The standard InChI is InChI=1S/C13H18ClNO2/c1-15-7-11-4-5-13(12(14)6-11)17-9-16-8-10-2-3-10/h4-6,10,15H,2-3,7-9H2,1H3. The molecule has 1 aliphatic carbocycles. The Hall–Kier alpha value is -0.770. The first-order valence-electron chi connectivity index (χ1n) is 5.93. The molecule has 1 aromatic rings. The molecule has 0 atom stereocenters. The number of ether oxygens (including phenoxy) is 2. The summed E-state index contributed by atoms with van der Waals surface area (Å²) in [4.78, 5) is 0. The fourth-order valence-electron chi connectivity index (χ4n) is 1.58. The summed E-state index contributed by atoms with van der Waals surface area (Å²) in [6.07, 6.45) is 2.58. The highest BCUT2D eigenvalue weighted by atomic mass is 35.5. The first kappa shape index (κ1) is 12.7. The summed E-state index contributed by atoms with van der Waals surface area (Å²) in [6, 6.07) is 5.79. The average Bonchev–Trinajstić information content (AvgIpc) is 3.11. The maximum absolute atomic E-state index is 6.11. The van der Waals surface area contributed by atoms with Gasteiger partial charge < -0.3 is 14.8 Å².